The molecule has 0 aliphatic rings. The molecule has 2 nitrogen and oxygen atoms in total. The second-order valence-electron chi connectivity index (χ2n) is 3.31. The summed E-state index contributed by atoms with van der Waals surface area (Å²) in [5.74, 6) is -1.21. The Hall–Kier alpha value is -1.36. The van der Waals surface area contributed by atoms with E-state index in [2.05, 4.69) is 9.97 Å². The minimum absolute atomic E-state index is 0.180. The Bertz CT molecular complexity index is 551. The fraction of sp³-hybridized carbons (Fsp3) is 0.200. The van der Waals surface area contributed by atoms with Gasteiger partial charge in [-0.25, -0.2) is 9.97 Å². The van der Waals surface area contributed by atoms with E-state index in [9.17, 15) is 13.2 Å². The third kappa shape index (κ3) is 1.82. The highest BCUT2D eigenvalue weighted by atomic mass is 35.5. The van der Waals surface area contributed by atoms with Crippen molar-refractivity contribution in [2.45, 2.75) is 13.1 Å². The number of alkyl halides is 3. The summed E-state index contributed by atoms with van der Waals surface area (Å²) >= 11 is 5.69. The molecule has 6 heteroatoms. The molecule has 1 aromatic heterocycles. The summed E-state index contributed by atoms with van der Waals surface area (Å²) in [6.07, 6.45) is -4.58. The van der Waals surface area contributed by atoms with Crippen LogP contribution in [0.15, 0.2) is 18.2 Å². The molecular weight excluding hydrogens is 241 g/mol. The monoisotopic (exact) mass is 246 g/mol. The maximum Gasteiger partial charge on any atom is 0.451 e. The molecule has 84 valence electrons. The van der Waals surface area contributed by atoms with Crippen molar-refractivity contribution in [2.24, 2.45) is 0 Å². The Morgan fingerprint density at radius 2 is 1.88 bits per heavy atom. The summed E-state index contributed by atoms with van der Waals surface area (Å²) in [6, 6.07) is 4.96. The predicted molar refractivity (Wildman–Crippen MR) is 54.3 cm³/mol. The van der Waals surface area contributed by atoms with Gasteiger partial charge < -0.3 is 0 Å². The first-order chi connectivity index (χ1) is 7.39. The van der Waals surface area contributed by atoms with Crippen LogP contribution in [-0.4, -0.2) is 9.97 Å². The van der Waals surface area contributed by atoms with E-state index in [-0.39, 0.29) is 10.7 Å². The van der Waals surface area contributed by atoms with Crippen molar-refractivity contribution in [3.8, 4) is 0 Å². The first kappa shape index (κ1) is 11.1. The maximum absolute atomic E-state index is 12.4. The van der Waals surface area contributed by atoms with Crippen LogP contribution in [0.5, 0.6) is 0 Å². The first-order valence-corrected chi connectivity index (χ1v) is 4.77. The van der Waals surface area contributed by atoms with Crippen LogP contribution < -0.4 is 0 Å². The zero-order valence-corrected chi connectivity index (χ0v) is 8.89. The summed E-state index contributed by atoms with van der Waals surface area (Å²) in [4.78, 5) is 6.73. The Kier molecular flexibility index (Phi) is 2.50. The van der Waals surface area contributed by atoms with Crippen LogP contribution in [0.2, 0.25) is 5.15 Å². The SMILES string of the molecule is Cc1cccc2c(Cl)nc(C(F)(F)F)nc12. The van der Waals surface area contributed by atoms with Crippen LogP contribution in [0.4, 0.5) is 13.2 Å². The fourth-order valence-corrected chi connectivity index (χ4v) is 1.62. The van der Waals surface area contributed by atoms with E-state index in [1.165, 1.54) is 0 Å². The molecule has 0 unspecified atom stereocenters. The number of hydrogen-bond acceptors (Lipinski definition) is 2. The van der Waals surface area contributed by atoms with Gasteiger partial charge in [-0.1, -0.05) is 23.7 Å². The fourth-order valence-electron chi connectivity index (χ4n) is 1.38. The van der Waals surface area contributed by atoms with Crippen molar-refractivity contribution >= 4 is 22.5 Å². The van der Waals surface area contributed by atoms with E-state index in [1.807, 2.05) is 0 Å². The molecule has 0 N–H and O–H groups in total. The van der Waals surface area contributed by atoms with Gasteiger partial charge in [-0.3, -0.25) is 0 Å². The van der Waals surface area contributed by atoms with Crippen molar-refractivity contribution < 1.29 is 13.2 Å². The Morgan fingerprint density at radius 3 is 2.50 bits per heavy atom. The van der Waals surface area contributed by atoms with Crippen molar-refractivity contribution in [2.75, 3.05) is 0 Å². The zero-order chi connectivity index (χ0) is 11.9. The Morgan fingerprint density at radius 1 is 1.19 bits per heavy atom. The van der Waals surface area contributed by atoms with Gasteiger partial charge in [-0.15, -0.1) is 0 Å². The van der Waals surface area contributed by atoms with Crippen LogP contribution in [0, 0.1) is 6.92 Å². The molecule has 2 rings (SSSR count). The summed E-state index contributed by atoms with van der Waals surface area (Å²) < 4.78 is 37.3. The first-order valence-electron chi connectivity index (χ1n) is 4.39. The van der Waals surface area contributed by atoms with E-state index in [0.717, 1.165) is 0 Å². The second-order valence-corrected chi connectivity index (χ2v) is 3.66. The summed E-state index contributed by atoms with van der Waals surface area (Å²) in [6.45, 7) is 1.67. The van der Waals surface area contributed by atoms with Gasteiger partial charge in [0.25, 0.3) is 0 Å². The maximum atomic E-state index is 12.4. The van der Waals surface area contributed by atoms with Gasteiger partial charge in [0, 0.05) is 5.39 Å². The quantitative estimate of drug-likeness (QED) is 0.664. The van der Waals surface area contributed by atoms with Crippen molar-refractivity contribution in [1.29, 1.82) is 0 Å². The zero-order valence-electron chi connectivity index (χ0n) is 8.14. The van der Waals surface area contributed by atoms with Crippen LogP contribution in [-0.2, 0) is 6.18 Å². The van der Waals surface area contributed by atoms with Gasteiger partial charge in [0.2, 0.25) is 5.82 Å². The topological polar surface area (TPSA) is 25.8 Å². The largest absolute Gasteiger partial charge is 0.451 e. The van der Waals surface area contributed by atoms with Crippen molar-refractivity contribution in [3.05, 3.63) is 34.7 Å². The number of aryl methyl sites for hydroxylation is 1. The molecular formula is C10H6ClF3N2. The van der Waals surface area contributed by atoms with Crippen molar-refractivity contribution in [1.82, 2.24) is 9.97 Å². The molecule has 0 radical (unpaired) electrons. The van der Waals surface area contributed by atoms with Gasteiger partial charge in [-0.2, -0.15) is 13.2 Å². The second kappa shape index (κ2) is 3.59. The number of rotatable bonds is 0. The number of nitrogens with zero attached hydrogens (tertiary/aromatic N) is 2. The number of halogens is 4. The van der Waals surface area contributed by atoms with E-state index in [0.29, 0.717) is 10.9 Å². The molecule has 1 heterocycles. The average molecular weight is 247 g/mol. The van der Waals surface area contributed by atoms with Crippen LogP contribution in [0.1, 0.15) is 11.4 Å². The Balaban J connectivity index is 2.81. The number of para-hydroxylation sites is 1. The molecule has 0 saturated carbocycles. The number of aromatic nitrogens is 2. The molecule has 16 heavy (non-hydrogen) atoms. The summed E-state index contributed by atoms with van der Waals surface area (Å²) in [5, 5.41) is 0.246. The highest BCUT2D eigenvalue weighted by molar-refractivity contribution is 6.34. The normalized spacial score (nSPS) is 12.1. The minimum Gasteiger partial charge on any atom is -0.224 e. The molecule has 0 fully saturated rings. The van der Waals surface area contributed by atoms with E-state index in [4.69, 9.17) is 11.6 Å². The lowest BCUT2D eigenvalue weighted by Gasteiger charge is -2.08. The standard InChI is InChI=1S/C10H6ClF3N2/c1-5-3-2-4-6-7(5)15-9(10(12,13)14)16-8(6)11/h2-4H,1H3. The minimum atomic E-state index is -4.58. The average Bonchev–Trinajstić information content (AvgIpc) is 2.18. The molecule has 0 amide bonds. The molecule has 0 atom stereocenters. The number of fused-ring (bicyclic) bond motifs is 1. The smallest absolute Gasteiger partial charge is 0.224 e. The van der Waals surface area contributed by atoms with Gasteiger partial charge in [0.1, 0.15) is 5.15 Å². The lowest BCUT2D eigenvalue weighted by atomic mass is 10.1. The van der Waals surface area contributed by atoms with Crippen LogP contribution in [0.3, 0.4) is 0 Å². The van der Waals surface area contributed by atoms with E-state index >= 15 is 0 Å². The molecule has 0 bridgehead atoms. The number of hydrogen-bond donors (Lipinski definition) is 0. The highest BCUT2D eigenvalue weighted by Gasteiger charge is 2.35. The van der Waals surface area contributed by atoms with Crippen molar-refractivity contribution in [3.63, 3.8) is 0 Å². The lowest BCUT2D eigenvalue weighted by molar-refractivity contribution is -0.144. The molecule has 2 aromatic rings. The predicted octanol–water partition coefficient (Wildman–Crippen LogP) is 3.61. The molecule has 0 aliphatic carbocycles. The van der Waals surface area contributed by atoms with E-state index in [1.54, 1.807) is 25.1 Å². The molecule has 0 saturated heterocycles. The van der Waals surface area contributed by atoms with Gasteiger partial charge >= 0.3 is 6.18 Å². The lowest BCUT2D eigenvalue weighted by Crippen LogP contribution is -2.11. The van der Waals surface area contributed by atoms with Gasteiger partial charge in [0.05, 0.1) is 5.52 Å². The van der Waals surface area contributed by atoms with Crippen LogP contribution >= 0.6 is 11.6 Å². The highest BCUT2D eigenvalue weighted by Crippen LogP contribution is 2.30. The molecule has 0 spiro atoms. The number of benzene rings is 1. The van der Waals surface area contributed by atoms with Gasteiger partial charge in [0.15, 0.2) is 0 Å². The third-order valence-corrected chi connectivity index (χ3v) is 2.42. The van der Waals surface area contributed by atoms with Gasteiger partial charge in [-0.05, 0) is 18.6 Å². The van der Waals surface area contributed by atoms with Crippen LogP contribution in [0.25, 0.3) is 10.9 Å². The summed E-state index contributed by atoms with van der Waals surface area (Å²) in [5.41, 5.74) is 0.863. The van der Waals surface area contributed by atoms with E-state index < -0.39 is 12.0 Å². The molecule has 0 aliphatic heterocycles. The third-order valence-electron chi connectivity index (χ3n) is 2.14. The molecule has 1 aromatic carbocycles. The Labute approximate surface area is 94.1 Å². The summed E-state index contributed by atoms with van der Waals surface area (Å²) in [7, 11) is 0.